The van der Waals surface area contributed by atoms with Crippen LogP contribution < -0.4 is 5.32 Å². The number of aromatic nitrogens is 1. The first-order valence-corrected chi connectivity index (χ1v) is 9.08. The fraction of sp³-hybridized carbons (Fsp3) is 0. The largest absolute Gasteiger partial charge is 0.355 e. The standard InChI is InChI=1S/C18H11BrN4O2S/c19-14-7-5-12(6-8-14)16-11-26-18(22-16)13(9-20)10-21-15-3-1-2-4-17(15)23(24)25/h1-8,10-11,21H/b13-10+. The van der Waals surface area contributed by atoms with E-state index in [0.29, 0.717) is 16.3 Å². The van der Waals surface area contributed by atoms with Gasteiger partial charge in [-0.05, 0) is 18.2 Å². The number of hydrogen-bond acceptors (Lipinski definition) is 6. The maximum atomic E-state index is 11.1. The SMILES string of the molecule is N#C/C(=C\Nc1ccccc1[N+](=O)[O-])c1nc(-c2ccc(Br)cc2)cs1. The van der Waals surface area contributed by atoms with Gasteiger partial charge in [-0.1, -0.05) is 40.2 Å². The predicted octanol–water partition coefficient (Wildman–Crippen LogP) is 5.46. The molecular weight excluding hydrogens is 416 g/mol. The van der Waals surface area contributed by atoms with Crippen LogP contribution in [0.25, 0.3) is 16.8 Å². The summed E-state index contributed by atoms with van der Waals surface area (Å²) in [6.45, 7) is 0. The number of nitrogens with zero attached hydrogens (tertiary/aromatic N) is 3. The van der Waals surface area contributed by atoms with E-state index in [4.69, 9.17) is 0 Å². The summed E-state index contributed by atoms with van der Waals surface area (Å²) in [6.07, 6.45) is 1.44. The highest BCUT2D eigenvalue weighted by Gasteiger charge is 2.13. The molecule has 0 saturated carbocycles. The number of rotatable bonds is 5. The van der Waals surface area contributed by atoms with Gasteiger partial charge in [0.25, 0.3) is 5.69 Å². The molecular formula is C18H11BrN4O2S. The molecule has 8 heteroatoms. The number of nitro groups is 1. The van der Waals surface area contributed by atoms with E-state index in [9.17, 15) is 15.4 Å². The van der Waals surface area contributed by atoms with E-state index < -0.39 is 4.92 Å². The van der Waals surface area contributed by atoms with Crippen LogP contribution in [0.4, 0.5) is 11.4 Å². The first-order valence-electron chi connectivity index (χ1n) is 7.40. The number of hydrogen-bond donors (Lipinski definition) is 1. The van der Waals surface area contributed by atoms with E-state index in [1.54, 1.807) is 18.2 Å². The zero-order chi connectivity index (χ0) is 18.5. The Morgan fingerprint density at radius 3 is 2.69 bits per heavy atom. The molecule has 1 heterocycles. The third-order valence-corrected chi connectivity index (χ3v) is 4.87. The summed E-state index contributed by atoms with van der Waals surface area (Å²) in [5, 5.41) is 25.7. The molecule has 1 N–H and O–H groups in total. The van der Waals surface area contributed by atoms with Crippen molar-refractivity contribution in [3.63, 3.8) is 0 Å². The first kappa shape index (κ1) is 17.8. The minimum Gasteiger partial charge on any atom is -0.355 e. The van der Waals surface area contributed by atoms with Crippen molar-refractivity contribution in [2.75, 3.05) is 5.32 Å². The average molecular weight is 427 g/mol. The van der Waals surface area contributed by atoms with Crippen molar-refractivity contribution in [3.8, 4) is 17.3 Å². The summed E-state index contributed by atoms with van der Waals surface area (Å²) < 4.78 is 0.975. The lowest BCUT2D eigenvalue weighted by atomic mass is 10.2. The van der Waals surface area contributed by atoms with Gasteiger partial charge in [-0.3, -0.25) is 10.1 Å². The summed E-state index contributed by atoms with van der Waals surface area (Å²) in [6, 6.07) is 16.0. The predicted molar refractivity (Wildman–Crippen MR) is 106 cm³/mol. The number of benzene rings is 2. The molecule has 0 aliphatic carbocycles. The second-order valence-corrected chi connectivity index (χ2v) is 6.91. The Hall–Kier alpha value is -3.02. The molecule has 0 aliphatic rings. The van der Waals surface area contributed by atoms with Gasteiger partial charge in [0.05, 0.1) is 10.6 Å². The number of halogens is 1. The van der Waals surface area contributed by atoms with Crippen LogP contribution >= 0.6 is 27.3 Å². The Morgan fingerprint density at radius 2 is 2.00 bits per heavy atom. The zero-order valence-electron chi connectivity index (χ0n) is 13.2. The summed E-state index contributed by atoms with van der Waals surface area (Å²) in [7, 11) is 0. The third kappa shape index (κ3) is 3.96. The summed E-state index contributed by atoms with van der Waals surface area (Å²) in [5.41, 5.74) is 2.27. The Kier molecular flexibility index (Phi) is 5.41. The monoisotopic (exact) mass is 426 g/mol. The summed E-state index contributed by atoms with van der Waals surface area (Å²) in [4.78, 5) is 15.1. The van der Waals surface area contributed by atoms with Gasteiger partial charge in [0.1, 0.15) is 22.3 Å². The second-order valence-electron chi connectivity index (χ2n) is 5.13. The number of nitrogens with one attached hydrogen (secondary N) is 1. The Balaban J connectivity index is 1.86. The zero-order valence-corrected chi connectivity index (χ0v) is 15.6. The van der Waals surface area contributed by atoms with Gasteiger partial charge in [0.2, 0.25) is 0 Å². The van der Waals surface area contributed by atoms with Gasteiger partial charge < -0.3 is 5.32 Å². The van der Waals surface area contributed by atoms with E-state index in [0.717, 1.165) is 15.7 Å². The van der Waals surface area contributed by atoms with Gasteiger partial charge in [0, 0.05) is 27.7 Å². The quantitative estimate of drug-likeness (QED) is 0.332. The van der Waals surface area contributed by atoms with E-state index >= 15 is 0 Å². The van der Waals surface area contributed by atoms with Gasteiger partial charge >= 0.3 is 0 Å². The van der Waals surface area contributed by atoms with Gasteiger partial charge in [-0.25, -0.2) is 4.98 Å². The number of allylic oxidation sites excluding steroid dienone is 1. The van der Waals surface area contributed by atoms with Crippen LogP contribution in [0, 0.1) is 21.4 Å². The lowest BCUT2D eigenvalue weighted by Gasteiger charge is -2.02. The van der Waals surface area contributed by atoms with Crippen molar-refractivity contribution in [3.05, 3.63) is 79.7 Å². The van der Waals surface area contributed by atoms with E-state index in [1.165, 1.54) is 23.6 Å². The van der Waals surface area contributed by atoms with Gasteiger partial charge in [-0.15, -0.1) is 11.3 Å². The van der Waals surface area contributed by atoms with Crippen molar-refractivity contribution >= 4 is 44.2 Å². The minimum absolute atomic E-state index is 0.0595. The number of nitriles is 1. The minimum atomic E-state index is -0.475. The maximum Gasteiger partial charge on any atom is 0.292 e. The molecule has 0 atom stereocenters. The van der Waals surface area contributed by atoms with Crippen molar-refractivity contribution in [1.82, 2.24) is 4.98 Å². The van der Waals surface area contributed by atoms with E-state index in [2.05, 4.69) is 32.3 Å². The number of thiazole rings is 1. The van der Waals surface area contributed by atoms with Crippen LogP contribution in [0.15, 0.2) is 64.6 Å². The van der Waals surface area contributed by atoms with Crippen LogP contribution in [0.3, 0.4) is 0 Å². The first-order chi connectivity index (χ1) is 12.6. The van der Waals surface area contributed by atoms with Crippen LogP contribution in [0.2, 0.25) is 0 Å². The molecule has 0 amide bonds. The lowest BCUT2D eigenvalue weighted by molar-refractivity contribution is -0.383. The van der Waals surface area contributed by atoms with Gasteiger partial charge in [0.15, 0.2) is 0 Å². The molecule has 3 aromatic rings. The molecule has 26 heavy (non-hydrogen) atoms. The average Bonchev–Trinajstić information content (AvgIpc) is 3.13. The highest BCUT2D eigenvalue weighted by Crippen LogP contribution is 2.28. The molecule has 0 saturated heterocycles. The van der Waals surface area contributed by atoms with E-state index in [-0.39, 0.29) is 5.69 Å². The summed E-state index contributed by atoms with van der Waals surface area (Å²) in [5.74, 6) is 0. The van der Waals surface area contributed by atoms with Crippen LogP contribution in [0.5, 0.6) is 0 Å². The highest BCUT2D eigenvalue weighted by molar-refractivity contribution is 9.10. The van der Waals surface area contributed by atoms with Crippen molar-refractivity contribution in [2.24, 2.45) is 0 Å². The molecule has 0 fully saturated rings. The van der Waals surface area contributed by atoms with Crippen molar-refractivity contribution in [1.29, 1.82) is 5.26 Å². The Morgan fingerprint density at radius 1 is 1.27 bits per heavy atom. The summed E-state index contributed by atoms with van der Waals surface area (Å²) >= 11 is 4.73. The Bertz CT molecular complexity index is 1020. The Labute approximate surface area is 161 Å². The fourth-order valence-corrected chi connectivity index (χ4v) is 3.26. The van der Waals surface area contributed by atoms with Crippen molar-refractivity contribution < 1.29 is 4.92 Å². The molecule has 0 radical (unpaired) electrons. The van der Waals surface area contributed by atoms with Gasteiger partial charge in [-0.2, -0.15) is 5.26 Å². The van der Waals surface area contributed by atoms with Crippen LogP contribution in [-0.4, -0.2) is 9.91 Å². The van der Waals surface area contributed by atoms with E-state index in [1.807, 2.05) is 29.6 Å². The topological polar surface area (TPSA) is 91.8 Å². The number of anilines is 1. The molecule has 3 rings (SSSR count). The van der Waals surface area contributed by atoms with Crippen LogP contribution in [-0.2, 0) is 0 Å². The normalized spacial score (nSPS) is 11.0. The highest BCUT2D eigenvalue weighted by atomic mass is 79.9. The molecule has 128 valence electrons. The maximum absolute atomic E-state index is 11.1. The number of para-hydroxylation sites is 2. The molecule has 0 spiro atoms. The lowest BCUT2D eigenvalue weighted by Crippen LogP contribution is -1.96. The fourth-order valence-electron chi connectivity index (χ4n) is 2.20. The third-order valence-electron chi connectivity index (χ3n) is 3.47. The molecule has 2 aromatic carbocycles. The number of nitro benzene ring substituents is 1. The molecule has 0 aliphatic heterocycles. The molecule has 1 aromatic heterocycles. The second kappa shape index (κ2) is 7.91. The molecule has 0 bridgehead atoms. The van der Waals surface area contributed by atoms with Crippen molar-refractivity contribution in [2.45, 2.75) is 0 Å². The molecule has 0 unspecified atom stereocenters. The molecule has 6 nitrogen and oxygen atoms in total. The smallest absolute Gasteiger partial charge is 0.292 e. The van der Waals surface area contributed by atoms with Crippen LogP contribution in [0.1, 0.15) is 5.01 Å².